The average Bonchev–Trinajstić information content (AvgIpc) is 2.90. The molecule has 1 unspecified atom stereocenters. The van der Waals surface area contributed by atoms with Gasteiger partial charge < -0.3 is 15.4 Å². The summed E-state index contributed by atoms with van der Waals surface area (Å²) in [6.07, 6.45) is 1.68. The number of amides is 1. The van der Waals surface area contributed by atoms with E-state index < -0.39 is 5.60 Å². The second-order valence-electron chi connectivity index (χ2n) is 6.35. The van der Waals surface area contributed by atoms with Gasteiger partial charge in [-0.2, -0.15) is 0 Å². The topological polar surface area (TPSA) is 55.6 Å². The molecule has 1 fully saturated rings. The van der Waals surface area contributed by atoms with E-state index in [0.29, 0.717) is 5.92 Å². The van der Waals surface area contributed by atoms with Crippen LogP contribution in [0, 0.1) is 5.92 Å². The third-order valence-corrected chi connectivity index (χ3v) is 4.54. The first-order chi connectivity index (χ1) is 9.37. The van der Waals surface area contributed by atoms with Gasteiger partial charge in [0.25, 0.3) is 0 Å². The number of thiophene rings is 1. The molecule has 20 heavy (non-hydrogen) atoms. The minimum Gasteiger partial charge on any atom is -0.444 e. The van der Waals surface area contributed by atoms with Gasteiger partial charge in [0.05, 0.1) is 0 Å². The summed E-state index contributed by atoms with van der Waals surface area (Å²) in [5.41, 5.74) is 5.88. The maximum Gasteiger partial charge on any atom is 0.410 e. The second-order valence-corrected chi connectivity index (χ2v) is 7.33. The highest BCUT2D eigenvalue weighted by molar-refractivity contribution is 7.10. The van der Waals surface area contributed by atoms with Gasteiger partial charge in [0.15, 0.2) is 0 Å². The summed E-state index contributed by atoms with van der Waals surface area (Å²) >= 11 is 1.71. The Bertz CT molecular complexity index is 431. The highest BCUT2D eigenvalue weighted by Crippen LogP contribution is 2.31. The summed E-state index contributed by atoms with van der Waals surface area (Å²) in [6, 6.07) is 4.22. The van der Waals surface area contributed by atoms with E-state index in [1.165, 1.54) is 4.88 Å². The van der Waals surface area contributed by atoms with Crippen LogP contribution in [0.1, 0.15) is 44.5 Å². The normalized spacial score (nSPS) is 18.9. The predicted molar refractivity (Wildman–Crippen MR) is 81.8 cm³/mol. The van der Waals surface area contributed by atoms with Gasteiger partial charge in [-0.25, -0.2) is 4.79 Å². The molecule has 0 radical (unpaired) electrons. The van der Waals surface area contributed by atoms with Crippen molar-refractivity contribution in [3.05, 3.63) is 22.4 Å². The van der Waals surface area contributed by atoms with E-state index >= 15 is 0 Å². The Kier molecular flexibility index (Phi) is 4.70. The van der Waals surface area contributed by atoms with Gasteiger partial charge in [0.2, 0.25) is 0 Å². The third kappa shape index (κ3) is 3.96. The van der Waals surface area contributed by atoms with Gasteiger partial charge in [-0.1, -0.05) is 6.07 Å². The molecule has 1 aliphatic rings. The Hall–Kier alpha value is -1.07. The summed E-state index contributed by atoms with van der Waals surface area (Å²) in [5, 5.41) is 2.06. The number of ether oxygens (including phenoxy) is 1. The minimum atomic E-state index is -0.429. The Morgan fingerprint density at radius 2 is 2.10 bits per heavy atom. The molecule has 1 amide bonds. The monoisotopic (exact) mass is 296 g/mol. The van der Waals surface area contributed by atoms with E-state index in [1.807, 2.05) is 26.8 Å². The Morgan fingerprint density at radius 3 is 2.60 bits per heavy atom. The molecule has 1 aromatic rings. The van der Waals surface area contributed by atoms with Crippen LogP contribution >= 0.6 is 11.3 Å². The number of likely N-dealkylation sites (tertiary alicyclic amines) is 1. The van der Waals surface area contributed by atoms with Crippen LogP contribution in [0.15, 0.2) is 17.5 Å². The van der Waals surface area contributed by atoms with Gasteiger partial charge in [0, 0.05) is 24.0 Å². The zero-order valence-electron chi connectivity index (χ0n) is 12.5. The van der Waals surface area contributed by atoms with Crippen LogP contribution in [0.2, 0.25) is 0 Å². The van der Waals surface area contributed by atoms with Crippen LogP contribution in [-0.4, -0.2) is 29.7 Å². The van der Waals surface area contributed by atoms with Crippen LogP contribution in [0.25, 0.3) is 0 Å². The predicted octanol–water partition coefficient (Wildman–Crippen LogP) is 3.40. The number of nitrogens with two attached hydrogens (primary N) is 1. The fourth-order valence-corrected chi connectivity index (χ4v) is 3.30. The van der Waals surface area contributed by atoms with E-state index in [9.17, 15) is 4.79 Å². The minimum absolute atomic E-state index is 0.0933. The number of carbonyl (C=O) groups excluding carboxylic acids is 1. The van der Waals surface area contributed by atoms with Crippen molar-refractivity contribution < 1.29 is 9.53 Å². The number of rotatable bonds is 2. The first kappa shape index (κ1) is 15.3. The number of nitrogens with zero attached hydrogens (tertiary/aromatic N) is 1. The Balaban J connectivity index is 1.85. The van der Waals surface area contributed by atoms with Gasteiger partial charge >= 0.3 is 6.09 Å². The lowest BCUT2D eigenvalue weighted by molar-refractivity contribution is 0.0175. The summed E-state index contributed by atoms with van der Waals surface area (Å²) in [5.74, 6) is 0.451. The first-order valence-corrected chi connectivity index (χ1v) is 8.02. The fraction of sp³-hybridized carbons (Fsp3) is 0.667. The summed E-state index contributed by atoms with van der Waals surface area (Å²) in [7, 11) is 0. The fourth-order valence-electron chi connectivity index (χ4n) is 2.48. The van der Waals surface area contributed by atoms with Crippen molar-refractivity contribution in [2.75, 3.05) is 13.1 Å². The lowest BCUT2D eigenvalue weighted by atomic mass is 9.89. The molecule has 2 N–H and O–H groups in total. The van der Waals surface area contributed by atoms with Crippen molar-refractivity contribution in [3.8, 4) is 0 Å². The molecule has 1 aliphatic heterocycles. The number of hydrogen-bond acceptors (Lipinski definition) is 4. The summed E-state index contributed by atoms with van der Waals surface area (Å²) < 4.78 is 5.40. The SMILES string of the molecule is CC(C)(C)OC(=O)N1CCC(C(N)c2cccs2)CC1. The molecule has 0 spiro atoms. The molecule has 1 aromatic heterocycles. The molecule has 2 rings (SSSR count). The van der Waals surface area contributed by atoms with E-state index in [1.54, 1.807) is 16.2 Å². The zero-order chi connectivity index (χ0) is 14.8. The zero-order valence-corrected chi connectivity index (χ0v) is 13.3. The molecule has 0 saturated carbocycles. The van der Waals surface area contributed by atoms with Crippen molar-refractivity contribution in [1.82, 2.24) is 4.90 Å². The van der Waals surface area contributed by atoms with E-state index in [2.05, 4.69) is 11.4 Å². The first-order valence-electron chi connectivity index (χ1n) is 7.14. The molecule has 0 aliphatic carbocycles. The van der Waals surface area contributed by atoms with Crippen LogP contribution in [0.5, 0.6) is 0 Å². The molecular formula is C15H24N2O2S. The number of hydrogen-bond donors (Lipinski definition) is 1. The lowest BCUT2D eigenvalue weighted by Gasteiger charge is -2.35. The summed E-state index contributed by atoms with van der Waals surface area (Å²) in [4.78, 5) is 15.0. The summed E-state index contributed by atoms with van der Waals surface area (Å²) in [6.45, 7) is 7.15. The van der Waals surface area contributed by atoms with E-state index in [4.69, 9.17) is 10.5 Å². The molecule has 1 atom stereocenters. The molecule has 1 saturated heterocycles. The second kappa shape index (κ2) is 6.14. The number of piperidine rings is 1. The van der Waals surface area contributed by atoms with Crippen LogP contribution in [0.4, 0.5) is 4.79 Å². The molecule has 2 heterocycles. The Morgan fingerprint density at radius 1 is 1.45 bits per heavy atom. The van der Waals surface area contributed by atoms with Gasteiger partial charge in [-0.15, -0.1) is 11.3 Å². The van der Waals surface area contributed by atoms with Crippen molar-refractivity contribution in [2.24, 2.45) is 11.7 Å². The molecular weight excluding hydrogens is 272 g/mol. The molecule has 5 heteroatoms. The Labute approximate surface area is 124 Å². The lowest BCUT2D eigenvalue weighted by Crippen LogP contribution is -2.43. The van der Waals surface area contributed by atoms with E-state index in [-0.39, 0.29) is 12.1 Å². The maximum atomic E-state index is 12.0. The van der Waals surface area contributed by atoms with Crippen LogP contribution < -0.4 is 5.73 Å². The highest BCUT2D eigenvalue weighted by Gasteiger charge is 2.30. The highest BCUT2D eigenvalue weighted by atomic mass is 32.1. The standard InChI is InChI=1S/C15H24N2O2S/c1-15(2,3)19-14(18)17-8-6-11(7-9-17)13(16)12-5-4-10-20-12/h4-5,10-11,13H,6-9,16H2,1-3H3. The van der Waals surface area contributed by atoms with Crippen molar-refractivity contribution >= 4 is 17.4 Å². The van der Waals surface area contributed by atoms with Crippen molar-refractivity contribution in [1.29, 1.82) is 0 Å². The molecule has 0 bridgehead atoms. The third-order valence-electron chi connectivity index (χ3n) is 3.57. The maximum absolute atomic E-state index is 12.0. The quantitative estimate of drug-likeness (QED) is 0.910. The van der Waals surface area contributed by atoms with Gasteiger partial charge in [-0.3, -0.25) is 0 Å². The molecule has 0 aromatic carbocycles. The van der Waals surface area contributed by atoms with E-state index in [0.717, 1.165) is 25.9 Å². The van der Waals surface area contributed by atoms with Crippen molar-refractivity contribution in [3.63, 3.8) is 0 Å². The average molecular weight is 296 g/mol. The van der Waals surface area contributed by atoms with Crippen LogP contribution in [0.3, 0.4) is 0 Å². The largest absolute Gasteiger partial charge is 0.444 e. The number of carbonyl (C=O) groups is 1. The molecule has 112 valence electrons. The smallest absolute Gasteiger partial charge is 0.410 e. The van der Waals surface area contributed by atoms with Crippen LogP contribution in [-0.2, 0) is 4.74 Å². The molecule has 4 nitrogen and oxygen atoms in total. The van der Waals surface area contributed by atoms with Gasteiger partial charge in [0.1, 0.15) is 5.60 Å². The van der Waals surface area contributed by atoms with Crippen molar-refractivity contribution in [2.45, 2.75) is 45.3 Å². The van der Waals surface area contributed by atoms with Gasteiger partial charge in [-0.05, 0) is 51.0 Å².